The van der Waals surface area contributed by atoms with Crippen LogP contribution < -0.4 is 0 Å². The summed E-state index contributed by atoms with van der Waals surface area (Å²) in [6, 6.07) is 0. The molecule has 7 heavy (non-hydrogen) atoms. The number of fused-ring (bicyclic) bond motifs is 3. The van der Waals surface area contributed by atoms with E-state index in [-0.39, 0.29) is 0 Å². The van der Waals surface area contributed by atoms with Gasteiger partial charge in [-0.3, -0.25) is 0 Å². The molecular weight excluding hydrogens is 84.1 g/mol. The molecule has 0 aromatic carbocycles. The Morgan fingerprint density at radius 1 is 0.714 bits per heavy atom. The summed E-state index contributed by atoms with van der Waals surface area (Å²) in [6.45, 7) is 0. The zero-order valence-corrected chi connectivity index (χ0v) is 4.43. The molecule has 3 saturated carbocycles. The fraction of sp³-hybridized carbons (Fsp3) is 1.00. The van der Waals surface area contributed by atoms with E-state index in [1.54, 1.807) is 19.3 Å². The molecule has 0 N–H and O–H groups in total. The Balaban J connectivity index is 2.02. The number of hydrogen-bond donors (Lipinski definition) is 0. The van der Waals surface area contributed by atoms with Crippen LogP contribution in [-0.2, 0) is 0 Å². The molecule has 3 fully saturated rings. The van der Waals surface area contributed by atoms with E-state index in [1.807, 2.05) is 0 Å². The number of hydrogen-bond acceptors (Lipinski definition) is 0. The minimum Gasteiger partial charge on any atom is -0.0470 e. The second-order valence-electron chi connectivity index (χ2n) is 3.55. The summed E-state index contributed by atoms with van der Waals surface area (Å²) >= 11 is 0. The third-order valence-corrected chi connectivity index (χ3v) is 3.11. The van der Waals surface area contributed by atoms with Crippen LogP contribution in [0.5, 0.6) is 0 Å². The molecular formula is C7H10. The Bertz CT molecular complexity index is 103. The Labute approximate surface area is 43.9 Å². The van der Waals surface area contributed by atoms with Crippen LogP contribution in [0, 0.1) is 23.7 Å². The van der Waals surface area contributed by atoms with Gasteiger partial charge in [0, 0.05) is 0 Å². The highest BCUT2D eigenvalue weighted by molar-refractivity contribution is 5.10. The molecule has 4 atom stereocenters. The largest absolute Gasteiger partial charge is 0.0470 e. The fourth-order valence-electron chi connectivity index (χ4n) is 2.52. The van der Waals surface area contributed by atoms with Crippen LogP contribution in [0.3, 0.4) is 0 Å². The van der Waals surface area contributed by atoms with Gasteiger partial charge < -0.3 is 0 Å². The van der Waals surface area contributed by atoms with E-state index in [2.05, 4.69) is 0 Å². The average molecular weight is 94.2 g/mol. The predicted molar refractivity (Wildman–Crippen MR) is 27.8 cm³/mol. The molecule has 38 valence electrons. The first-order valence-electron chi connectivity index (χ1n) is 3.45. The van der Waals surface area contributed by atoms with Gasteiger partial charge in [-0.05, 0) is 42.9 Å². The van der Waals surface area contributed by atoms with Gasteiger partial charge in [0.05, 0.1) is 0 Å². The van der Waals surface area contributed by atoms with Crippen molar-refractivity contribution in [2.24, 2.45) is 23.7 Å². The summed E-state index contributed by atoms with van der Waals surface area (Å²) < 4.78 is 0. The second kappa shape index (κ2) is 0.667. The molecule has 0 aliphatic heterocycles. The summed E-state index contributed by atoms with van der Waals surface area (Å²) in [7, 11) is 0. The van der Waals surface area contributed by atoms with Crippen molar-refractivity contribution in [2.45, 2.75) is 19.3 Å². The van der Waals surface area contributed by atoms with Crippen molar-refractivity contribution in [1.82, 2.24) is 0 Å². The zero-order chi connectivity index (χ0) is 4.43. The van der Waals surface area contributed by atoms with Crippen LogP contribution >= 0.6 is 0 Å². The maximum absolute atomic E-state index is 1.62. The normalized spacial score (nSPS) is 72.0. The Morgan fingerprint density at radius 2 is 1.29 bits per heavy atom. The highest BCUT2D eigenvalue weighted by atomic mass is 14.7. The summed E-state index contributed by atoms with van der Waals surface area (Å²) in [6.07, 6.45) is 4.84. The van der Waals surface area contributed by atoms with Gasteiger partial charge in [-0.25, -0.2) is 0 Å². The summed E-state index contributed by atoms with van der Waals surface area (Å²) in [5.41, 5.74) is 0. The van der Waals surface area contributed by atoms with E-state index in [9.17, 15) is 0 Å². The molecule has 0 amide bonds. The lowest BCUT2D eigenvalue weighted by molar-refractivity contribution is 0.689. The average Bonchev–Trinajstić information content (AvgIpc) is 2.47. The second-order valence-corrected chi connectivity index (χ2v) is 3.55. The van der Waals surface area contributed by atoms with E-state index < -0.39 is 0 Å². The Morgan fingerprint density at radius 3 is 1.57 bits per heavy atom. The predicted octanol–water partition coefficient (Wildman–Crippen LogP) is 1.66. The van der Waals surface area contributed by atoms with Crippen LogP contribution in [0.4, 0.5) is 0 Å². The molecule has 3 aliphatic rings. The van der Waals surface area contributed by atoms with Gasteiger partial charge in [-0.1, -0.05) is 0 Å². The number of rotatable bonds is 0. The van der Waals surface area contributed by atoms with Gasteiger partial charge in [-0.2, -0.15) is 0 Å². The monoisotopic (exact) mass is 94.1 g/mol. The van der Waals surface area contributed by atoms with Crippen LogP contribution in [0.15, 0.2) is 0 Å². The lowest BCUT2D eigenvalue weighted by atomic mass is 10.2. The molecule has 0 radical (unpaired) electrons. The van der Waals surface area contributed by atoms with Crippen molar-refractivity contribution < 1.29 is 0 Å². The third kappa shape index (κ3) is 0.240. The maximum Gasteiger partial charge on any atom is -0.0352 e. The standard InChI is InChI=1S/C7H10/c1-4-2-6(4)7-3-5(1)7/h4-7H,1-3H2/t4?,5?,6-,7?/m1/s1. The molecule has 0 spiro atoms. The minimum absolute atomic E-state index is 1.24. The Hall–Kier alpha value is 0. The molecule has 3 rings (SSSR count). The summed E-state index contributed by atoms with van der Waals surface area (Å²) in [5.74, 6) is 4.99. The van der Waals surface area contributed by atoms with Gasteiger partial charge in [-0.15, -0.1) is 0 Å². The van der Waals surface area contributed by atoms with E-state index in [1.165, 1.54) is 23.7 Å². The van der Waals surface area contributed by atoms with Crippen molar-refractivity contribution in [1.29, 1.82) is 0 Å². The van der Waals surface area contributed by atoms with Crippen molar-refractivity contribution in [2.75, 3.05) is 0 Å². The first-order chi connectivity index (χ1) is 3.45. The molecule has 0 saturated heterocycles. The van der Waals surface area contributed by atoms with Crippen molar-refractivity contribution >= 4 is 0 Å². The molecule has 3 aliphatic carbocycles. The molecule has 0 heteroatoms. The van der Waals surface area contributed by atoms with Gasteiger partial charge in [0.2, 0.25) is 0 Å². The molecule has 0 aromatic heterocycles. The molecule has 0 bridgehead atoms. The van der Waals surface area contributed by atoms with E-state index in [0.717, 1.165) is 0 Å². The SMILES string of the molecule is C1C2CC2[C@@H]2CC12. The lowest BCUT2D eigenvalue weighted by Gasteiger charge is -1.82. The highest BCUT2D eigenvalue weighted by Crippen LogP contribution is 2.69. The third-order valence-electron chi connectivity index (χ3n) is 3.11. The zero-order valence-electron chi connectivity index (χ0n) is 4.43. The van der Waals surface area contributed by atoms with E-state index in [0.29, 0.717) is 0 Å². The van der Waals surface area contributed by atoms with Crippen molar-refractivity contribution in [3.05, 3.63) is 0 Å². The van der Waals surface area contributed by atoms with Crippen LogP contribution in [0.2, 0.25) is 0 Å². The minimum atomic E-state index is 1.24. The first-order valence-corrected chi connectivity index (χ1v) is 3.45. The molecule has 0 heterocycles. The molecule has 0 nitrogen and oxygen atoms in total. The van der Waals surface area contributed by atoms with Gasteiger partial charge in [0.25, 0.3) is 0 Å². The quantitative estimate of drug-likeness (QED) is 0.428. The van der Waals surface area contributed by atoms with Gasteiger partial charge in [0.15, 0.2) is 0 Å². The summed E-state index contributed by atoms with van der Waals surface area (Å²) in [4.78, 5) is 0. The lowest BCUT2D eigenvalue weighted by Crippen LogP contribution is -1.72. The van der Waals surface area contributed by atoms with E-state index >= 15 is 0 Å². The Kier molecular flexibility index (Phi) is 0.296. The topological polar surface area (TPSA) is 0 Å². The van der Waals surface area contributed by atoms with Crippen molar-refractivity contribution in [3.8, 4) is 0 Å². The maximum atomic E-state index is 1.62. The highest BCUT2D eigenvalue weighted by Gasteiger charge is 2.60. The smallest absolute Gasteiger partial charge is 0.0352 e. The summed E-state index contributed by atoms with van der Waals surface area (Å²) in [5, 5.41) is 0. The molecule has 0 aromatic rings. The van der Waals surface area contributed by atoms with Crippen LogP contribution in [-0.4, -0.2) is 0 Å². The van der Waals surface area contributed by atoms with Gasteiger partial charge in [0.1, 0.15) is 0 Å². The van der Waals surface area contributed by atoms with Crippen molar-refractivity contribution in [3.63, 3.8) is 0 Å². The van der Waals surface area contributed by atoms with Crippen LogP contribution in [0.1, 0.15) is 19.3 Å². The fourth-order valence-corrected chi connectivity index (χ4v) is 2.52. The van der Waals surface area contributed by atoms with Gasteiger partial charge >= 0.3 is 0 Å². The van der Waals surface area contributed by atoms with Crippen LogP contribution in [0.25, 0.3) is 0 Å². The van der Waals surface area contributed by atoms with E-state index in [4.69, 9.17) is 0 Å². The molecule has 3 unspecified atom stereocenters. The first kappa shape index (κ1) is 3.11.